The average Bonchev–Trinajstić information content (AvgIpc) is 3.84. The molecule has 1 aromatic heterocycles. The molecule has 2 aliphatic heterocycles. The lowest BCUT2D eigenvalue weighted by atomic mass is 9.95. The number of alkyl halides is 1. The number of benzene rings is 3. The van der Waals surface area contributed by atoms with Gasteiger partial charge in [-0.25, -0.2) is 4.79 Å². The molecular weight excluding hydrogens is 784 g/mol. The lowest BCUT2D eigenvalue weighted by molar-refractivity contribution is -0.136. The fourth-order valence-electron chi connectivity index (χ4n) is 7.69. The summed E-state index contributed by atoms with van der Waals surface area (Å²) in [5.74, 6) is 0.752. The highest BCUT2D eigenvalue weighted by molar-refractivity contribution is 6.19. The zero-order chi connectivity index (χ0) is 42.0. The van der Waals surface area contributed by atoms with E-state index in [0.29, 0.717) is 62.1 Å². The highest BCUT2D eigenvalue weighted by Crippen LogP contribution is 2.46. The Hall–Kier alpha value is -5.89. The zero-order valence-electron chi connectivity index (χ0n) is 34.0. The predicted octanol–water partition coefficient (Wildman–Crippen LogP) is 6.66. The van der Waals surface area contributed by atoms with E-state index in [-0.39, 0.29) is 55.7 Å². The molecule has 1 saturated heterocycles. The van der Waals surface area contributed by atoms with Crippen LogP contribution < -0.4 is 25.0 Å². The number of carbonyl (C=O) groups is 4. The van der Waals surface area contributed by atoms with Crippen LogP contribution >= 0.6 is 11.6 Å². The van der Waals surface area contributed by atoms with Crippen molar-refractivity contribution in [2.45, 2.75) is 25.2 Å². The van der Waals surface area contributed by atoms with Crippen LogP contribution in [-0.2, 0) is 14.3 Å². The molecule has 314 valence electrons. The molecule has 1 atom stereocenters. The maximum absolute atomic E-state index is 14.2. The molecule has 4 amide bonds. The van der Waals surface area contributed by atoms with Crippen molar-refractivity contribution >= 4 is 62.8 Å². The van der Waals surface area contributed by atoms with Crippen LogP contribution in [0.15, 0.2) is 103 Å². The smallest absolute Gasteiger partial charge is 0.412 e. The van der Waals surface area contributed by atoms with E-state index in [4.69, 9.17) is 25.8 Å². The van der Waals surface area contributed by atoms with Gasteiger partial charge in [0.2, 0.25) is 11.8 Å². The van der Waals surface area contributed by atoms with Gasteiger partial charge in [0.25, 0.3) is 5.91 Å². The summed E-state index contributed by atoms with van der Waals surface area (Å²) in [6.45, 7) is 3.25. The first-order valence-corrected chi connectivity index (χ1v) is 20.9. The number of rotatable bonds is 15. The van der Waals surface area contributed by atoms with Crippen molar-refractivity contribution in [1.82, 2.24) is 25.4 Å². The monoisotopic (exact) mass is 834 g/mol. The Morgan fingerprint density at radius 1 is 0.917 bits per heavy atom. The first-order valence-electron chi connectivity index (χ1n) is 20.4. The molecule has 0 radical (unpaired) electrons. The molecule has 3 heterocycles. The van der Waals surface area contributed by atoms with Crippen LogP contribution in [0.4, 0.5) is 10.5 Å². The Morgan fingerprint density at radius 3 is 2.50 bits per heavy atom. The number of allylic oxidation sites excluding steroid dienone is 7. The maximum Gasteiger partial charge on any atom is 0.412 e. The molecule has 3 aromatic carbocycles. The molecule has 1 fully saturated rings. The van der Waals surface area contributed by atoms with Crippen LogP contribution in [0.5, 0.6) is 11.5 Å². The summed E-state index contributed by atoms with van der Waals surface area (Å²) in [7, 11) is 3.98. The Kier molecular flexibility index (Phi) is 14.0. The summed E-state index contributed by atoms with van der Waals surface area (Å²) in [6, 6.07) is 16.9. The van der Waals surface area contributed by atoms with Gasteiger partial charge in [-0.1, -0.05) is 54.6 Å². The van der Waals surface area contributed by atoms with Crippen molar-refractivity contribution in [2.24, 2.45) is 5.92 Å². The molecular formula is C46H51ClN6O7. The van der Waals surface area contributed by atoms with Gasteiger partial charge in [0.05, 0.1) is 25.3 Å². The molecule has 0 bridgehead atoms. The number of anilines is 1. The molecule has 14 heteroatoms. The SMILES string of the molecule is CN(C)CCOc1ccc2[nH]c(C(=O)N3C[C@@H](CCl)c4c3cc(OC(=O)NCCOCCC(=O)N3CCC(C(=O)NC5=C/C=C\C=C/C=C\5)CC3)c3ccccc43)cc2c1. The van der Waals surface area contributed by atoms with E-state index < -0.39 is 6.09 Å². The van der Waals surface area contributed by atoms with Gasteiger partial charge >= 0.3 is 6.09 Å². The number of halogens is 1. The van der Waals surface area contributed by atoms with E-state index in [9.17, 15) is 19.2 Å². The number of fused-ring (bicyclic) bond motifs is 4. The highest BCUT2D eigenvalue weighted by Gasteiger charge is 2.36. The molecule has 0 saturated carbocycles. The second-order valence-electron chi connectivity index (χ2n) is 15.3. The summed E-state index contributed by atoms with van der Waals surface area (Å²) >= 11 is 6.51. The third-order valence-corrected chi connectivity index (χ3v) is 11.2. The minimum Gasteiger partial charge on any atom is -0.492 e. The van der Waals surface area contributed by atoms with Gasteiger partial charge in [0, 0.05) is 78.5 Å². The van der Waals surface area contributed by atoms with Gasteiger partial charge < -0.3 is 44.5 Å². The van der Waals surface area contributed by atoms with Crippen molar-refractivity contribution in [3.8, 4) is 11.5 Å². The van der Waals surface area contributed by atoms with E-state index >= 15 is 0 Å². The first kappa shape index (κ1) is 42.2. The van der Waals surface area contributed by atoms with E-state index in [1.54, 1.807) is 15.9 Å². The topological polar surface area (TPSA) is 146 Å². The summed E-state index contributed by atoms with van der Waals surface area (Å²) < 4.78 is 17.4. The van der Waals surface area contributed by atoms with E-state index in [2.05, 4.69) is 15.6 Å². The number of aromatic amines is 1. The number of aromatic nitrogens is 1. The third-order valence-electron chi connectivity index (χ3n) is 10.9. The summed E-state index contributed by atoms with van der Waals surface area (Å²) in [5, 5.41) is 8.15. The fourth-order valence-corrected chi connectivity index (χ4v) is 7.94. The number of amides is 4. The van der Waals surface area contributed by atoms with Crippen molar-refractivity contribution in [3.05, 3.63) is 114 Å². The maximum atomic E-state index is 14.2. The number of nitrogens with zero attached hydrogens (tertiary/aromatic N) is 3. The lowest BCUT2D eigenvalue weighted by Crippen LogP contribution is -2.43. The molecule has 13 nitrogen and oxygen atoms in total. The number of carbonyl (C=O) groups excluding carboxylic acids is 4. The number of ether oxygens (including phenoxy) is 3. The predicted molar refractivity (Wildman–Crippen MR) is 234 cm³/mol. The van der Waals surface area contributed by atoms with Gasteiger partial charge in [-0.3, -0.25) is 14.4 Å². The molecule has 1 aliphatic carbocycles. The number of hydrogen-bond acceptors (Lipinski definition) is 8. The fraction of sp³-hybridized carbons (Fsp3) is 0.348. The number of likely N-dealkylation sites (N-methyl/N-ethyl adjacent to an activating group) is 1. The van der Waals surface area contributed by atoms with E-state index in [0.717, 1.165) is 45.2 Å². The van der Waals surface area contributed by atoms with Gasteiger partial charge in [-0.2, -0.15) is 0 Å². The van der Waals surface area contributed by atoms with Gasteiger partial charge in [-0.15, -0.1) is 11.6 Å². The van der Waals surface area contributed by atoms with E-state index in [1.807, 2.05) is 110 Å². The molecule has 7 rings (SSSR count). The number of hydrogen-bond donors (Lipinski definition) is 3. The average molecular weight is 835 g/mol. The second-order valence-corrected chi connectivity index (χ2v) is 15.6. The molecule has 60 heavy (non-hydrogen) atoms. The van der Waals surface area contributed by atoms with Gasteiger partial charge in [0.15, 0.2) is 0 Å². The molecule has 3 aliphatic rings. The van der Waals surface area contributed by atoms with E-state index in [1.165, 1.54) is 0 Å². The van der Waals surface area contributed by atoms with Gasteiger partial charge in [0.1, 0.15) is 23.8 Å². The summed E-state index contributed by atoms with van der Waals surface area (Å²) in [6.07, 6.45) is 13.9. The quantitative estimate of drug-likeness (QED) is 0.0892. The van der Waals surface area contributed by atoms with Crippen molar-refractivity contribution < 1.29 is 33.4 Å². The Balaban J connectivity index is 0.901. The number of nitrogens with one attached hydrogen (secondary N) is 3. The molecule has 0 spiro atoms. The number of piperidine rings is 1. The summed E-state index contributed by atoms with van der Waals surface area (Å²) in [5.41, 5.74) is 3.53. The normalized spacial score (nSPS) is 18.9. The molecule has 4 aromatic rings. The van der Waals surface area contributed by atoms with Gasteiger partial charge in [-0.05, 0) is 74.3 Å². The largest absolute Gasteiger partial charge is 0.492 e. The zero-order valence-corrected chi connectivity index (χ0v) is 34.7. The van der Waals surface area contributed by atoms with Crippen LogP contribution in [0, 0.1) is 5.92 Å². The van der Waals surface area contributed by atoms with Crippen molar-refractivity contribution in [3.63, 3.8) is 0 Å². The second kappa shape index (κ2) is 19.9. The minimum atomic E-state index is -0.675. The molecule has 3 N–H and O–H groups in total. The van der Waals surface area contributed by atoms with Crippen LogP contribution in [-0.4, -0.2) is 111 Å². The van der Waals surface area contributed by atoms with Crippen molar-refractivity contribution in [2.75, 3.05) is 77.4 Å². The Bertz CT molecular complexity index is 2340. The number of likely N-dealkylation sites (tertiary alicyclic amines) is 1. The summed E-state index contributed by atoms with van der Waals surface area (Å²) in [4.78, 5) is 61.7. The van der Waals surface area contributed by atoms with Crippen LogP contribution in [0.25, 0.3) is 21.7 Å². The van der Waals surface area contributed by atoms with Crippen LogP contribution in [0.3, 0.4) is 0 Å². The Labute approximate surface area is 354 Å². The van der Waals surface area contributed by atoms with Crippen LogP contribution in [0.2, 0.25) is 0 Å². The molecule has 0 unspecified atom stereocenters. The third kappa shape index (κ3) is 10.3. The standard InChI is InChI=1S/C46H51ClN6O7/c1-51(2)22-25-59-35-14-15-38-32(26-35)27-39(50-38)45(56)53-30-33(29-47)43-37-13-9-8-12-36(37)41(28-40(43)53)60-46(57)48-19-24-58-23-18-42(54)52-20-16-31(17-21-52)44(55)49-34-10-6-4-3-5-7-11-34/h3-15,26-28,31,33,50H,16-25,29-30H2,1-2H3,(H,48,57)(H,49,55)/b4-3-,5-3?,6-4?,7-5-,10-6-,11-7?,34-10?,34-11+/t33-/m1/s1. The lowest BCUT2D eigenvalue weighted by Gasteiger charge is -2.31. The first-order chi connectivity index (χ1) is 29.2. The minimum absolute atomic E-state index is 0.0318. The van der Waals surface area contributed by atoms with Crippen molar-refractivity contribution in [1.29, 1.82) is 0 Å². The van der Waals surface area contributed by atoms with Crippen LogP contribution in [0.1, 0.15) is 41.2 Å². The highest BCUT2D eigenvalue weighted by atomic mass is 35.5. The number of H-pyrrole nitrogens is 1. The Morgan fingerprint density at radius 2 is 1.70 bits per heavy atom.